The van der Waals surface area contributed by atoms with Crippen LogP contribution >= 0.6 is 0 Å². The summed E-state index contributed by atoms with van der Waals surface area (Å²) >= 11 is 0.0757. The Kier molecular flexibility index (Phi) is 3.97. The third-order valence-corrected chi connectivity index (χ3v) is 9.08. The van der Waals surface area contributed by atoms with Crippen LogP contribution < -0.4 is 4.46 Å². The molecule has 1 aromatic carbocycles. The second-order valence-corrected chi connectivity index (χ2v) is 10.7. The van der Waals surface area contributed by atoms with E-state index in [9.17, 15) is 4.79 Å². The molecular weight excluding hydrogens is 363 g/mol. The number of benzene rings is 1. The Morgan fingerprint density at radius 1 is 1.29 bits per heavy atom. The quantitative estimate of drug-likeness (QED) is 0.440. The van der Waals surface area contributed by atoms with Crippen LogP contribution in [0.2, 0.25) is 4.31 Å². The molecule has 0 amide bonds. The molecule has 2 fully saturated rings. The molecule has 0 bridgehead atoms. The number of fused-ring (bicyclic) bond motifs is 3. The summed E-state index contributed by atoms with van der Waals surface area (Å²) in [5.74, 6) is 1.12. The Labute approximate surface area is 150 Å². The number of ether oxygens (including phenoxy) is 1. The van der Waals surface area contributed by atoms with Crippen molar-refractivity contribution in [1.29, 1.82) is 0 Å². The normalized spacial score (nSPS) is 38.2. The van der Waals surface area contributed by atoms with Gasteiger partial charge in [0.05, 0.1) is 0 Å². The predicted molar refractivity (Wildman–Crippen MR) is 97.3 cm³/mol. The number of hydrogen-bond donors (Lipinski definition) is 0. The monoisotopic (exact) mass is 388 g/mol. The zero-order chi connectivity index (χ0) is 16.9. The minimum absolute atomic E-state index is 0.00718. The number of carbonyl (C=O) groups excluding carboxylic acids is 1. The van der Waals surface area contributed by atoms with E-state index in [0.717, 1.165) is 19.3 Å². The molecule has 1 saturated heterocycles. The molecule has 0 aromatic heterocycles. The standard InChI is InChI=1S/C21H24O2Se/c1-13-10-12-17-19(18-14(2)9-11-16(13)18)23-20(22)21(17,3)24-15-7-5-4-6-8-15/h4-8,10,16-19H,2,9,11-12H2,1,3H3/t16-,17+,18-,19-,21-/m0/s1. The zero-order valence-corrected chi connectivity index (χ0v) is 16.0. The van der Waals surface area contributed by atoms with Gasteiger partial charge in [0.2, 0.25) is 0 Å². The molecule has 24 heavy (non-hydrogen) atoms. The van der Waals surface area contributed by atoms with Gasteiger partial charge in [0.1, 0.15) is 0 Å². The van der Waals surface area contributed by atoms with E-state index >= 15 is 0 Å². The predicted octanol–water partition coefficient (Wildman–Crippen LogP) is 3.67. The fraction of sp³-hybridized carbons (Fsp3) is 0.476. The van der Waals surface area contributed by atoms with E-state index in [1.54, 1.807) is 0 Å². The number of allylic oxidation sites excluding steroid dienone is 2. The van der Waals surface area contributed by atoms with Crippen molar-refractivity contribution in [2.45, 2.75) is 43.5 Å². The van der Waals surface area contributed by atoms with Crippen LogP contribution in [0.15, 0.2) is 54.1 Å². The molecule has 1 heterocycles. The van der Waals surface area contributed by atoms with Crippen LogP contribution in [-0.4, -0.2) is 27.0 Å². The van der Waals surface area contributed by atoms with Gasteiger partial charge in [-0.2, -0.15) is 0 Å². The van der Waals surface area contributed by atoms with E-state index in [0.29, 0.717) is 11.8 Å². The van der Waals surface area contributed by atoms with Crippen LogP contribution in [0.4, 0.5) is 0 Å². The molecule has 1 aromatic rings. The fourth-order valence-corrected chi connectivity index (χ4v) is 7.45. The molecule has 0 N–H and O–H groups in total. The zero-order valence-electron chi connectivity index (χ0n) is 14.3. The summed E-state index contributed by atoms with van der Waals surface area (Å²) in [7, 11) is 0. The molecule has 1 aliphatic heterocycles. The summed E-state index contributed by atoms with van der Waals surface area (Å²) in [6, 6.07) is 10.4. The number of rotatable bonds is 2. The van der Waals surface area contributed by atoms with Crippen molar-refractivity contribution < 1.29 is 9.53 Å². The van der Waals surface area contributed by atoms with Crippen molar-refractivity contribution in [3.8, 4) is 0 Å². The summed E-state index contributed by atoms with van der Waals surface area (Å²) < 4.78 is 6.94. The SMILES string of the molecule is C=C1CC[C@H]2C(C)=CC[C@@H]3[C@H](OC(=O)[C@@]3(C)[Se]c3ccccc3)[C@@H]12. The molecule has 0 radical (unpaired) electrons. The van der Waals surface area contributed by atoms with Gasteiger partial charge < -0.3 is 0 Å². The van der Waals surface area contributed by atoms with E-state index in [1.807, 2.05) is 6.07 Å². The van der Waals surface area contributed by atoms with E-state index in [2.05, 4.69) is 50.8 Å². The first-order valence-corrected chi connectivity index (χ1v) is 10.5. The molecule has 0 spiro atoms. The summed E-state index contributed by atoms with van der Waals surface area (Å²) in [6.45, 7) is 8.70. The average molecular weight is 387 g/mol. The number of hydrogen-bond acceptors (Lipinski definition) is 2. The van der Waals surface area contributed by atoms with Gasteiger partial charge in [-0.1, -0.05) is 0 Å². The van der Waals surface area contributed by atoms with Crippen LogP contribution in [-0.2, 0) is 9.53 Å². The first kappa shape index (κ1) is 16.2. The number of carbonyl (C=O) groups is 1. The van der Waals surface area contributed by atoms with Crippen molar-refractivity contribution in [3.63, 3.8) is 0 Å². The second kappa shape index (κ2) is 5.89. The molecule has 4 rings (SSSR count). The first-order chi connectivity index (χ1) is 11.5. The van der Waals surface area contributed by atoms with Crippen LogP contribution in [0.5, 0.6) is 0 Å². The summed E-state index contributed by atoms with van der Waals surface area (Å²) in [4.78, 5) is 12.9. The van der Waals surface area contributed by atoms with Crippen LogP contribution in [0, 0.1) is 17.8 Å². The minimum atomic E-state index is -0.381. The summed E-state index contributed by atoms with van der Waals surface area (Å²) in [6.07, 6.45) is 5.58. The molecule has 2 aliphatic carbocycles. The first-order valence-electron chi connectivity index (χ1n) is 8.80. The fourth-order valence-electron chi connectivity index (χ4n) is 4.73. The van der Waals surface area contributed by atoms with Crippen molar-refractivity contribution in [3.05, 3.63) is 54.1 Å². The van der Waals surface area contributed by atoms with Crippen molar-refractivity contribution in [2.75, 3.05) is 0 Å². The van der Waals surface area contributed by atoms with Crippen molar-refractivity contribution in [2.24, 2.45) is 17.8 Å². The van der Waals surface area contributed by atoms with E-state index in [4.69, 9.17) is 4.74 Å². The van der Waals surface area contributed by atoms with Crippen molar-refractivity contribution in [1.82, 2.24) is 0 Å². The Hall–Kier alpha value is -1.31. The molecular formula is C21H24O2Se. The maximum absolute atomic E-state index is 12.9. The van der Waals surface area contributed by atoms with Gasteiger partial charge in [-0.3, -0.25) is 0 Å². The summed E-state index contributed by atoms with van der Waals surface area (Å²) in [5, 5.41) is 0. The van der Waals surface area contributed by atoms with E-state index < -0.39 is 0 Å². The Morgan fingerprint density at radius 3 is 2.79 bits per heavy atom. The Bertz CT molecular complexity index is 708. The summed E-state index contributed by atoms with van der Waals surface area (Å²) in [5.41, 5.74) is 2.76. The molecule has 0 unspecified atom stereocenters. The van der Waals surface area contributed by atoms with Crippen LogP contribution in [0.1, 0.15) is 33.1 Å². The molecule has 126 valence electrons. The number of esters is 1. The third-order valence-electron chi connectivity index (χ3n) is 6.14. The van der Waals surface area contributed by atoms with Crippen molar-refractivity contribution >= 4 is 25.4 Å². The topological polar surface area (TPSA) is 26.3 Å². The molecule has 3 heteroatoms. The molecule has 3 aliphatic rings. The van der Waals surface area contributed by atoms with Gasteiger partial charge in [-0.05, 0) is 0 Å². The van der Waals surface area contributed by atoms with Gasteiger partial charge in [0.15, 0.2) is 0 Å². The van der Waals surface area contributed by atoms with Crippen LogP contribution in [0.25, 0.3) is 0 Å². The Morgan fingerprint density at radius 2 is 2.04 bits per heavy atom. The molecule has 2 nitrogen and oxygen atoms in total. The van der Waals surface area contributed by atoms with Gasteiger partial charge in [-0.15, -0.1) is 0 Å². The molecule has 1 saturated carbocycles. The van der Waals surface area contributed by atoms with Gasteiger partial charge in [-0.25, -0.2) is 0 Å². The van der Waals surface area contributed by atoms with Gasteiger partial charge >= 0.3 is 150 Å². The average Bonchev–Trinajstić information content (AvgIpc) is 3.00. The second-order valence-electron chi connectivity index (χ2n) is 7.51. The van der Waals surface area contributed by atoms with E-state index in [-0.39, 0.29) is 37.3 Å². The van der Waals surface area contributed by atoms with Gasteiger partial charge in [0, 0.05) is 0 Å². The molecule has 5 atom stereocenters. The van der Waals surface area contributed by atoms with Crippen LogP contribution in [0.3, 0.4) is 0 Å². The third kappa shape index (κ3) is 2.41. The Balaban J connectivity index is 1.71. The maximum atomic E-state index is 12.9. The van der Waals surface area contributed by atoms with E-state index in [1.165, 1.54) is 15.6 Å². The van der Waals surface area contributed by atoms with Gasteiger partial charge in [0.25, 0.3) is 0 Å².